The van der Waals surface area contributed by atoms with Crippen molar-refractivity contribution >= 4 is 6.03 Å². The Labute approximate surface area is 136 Å². The molecule has 4 rings (SSSR count). The van der Waals surface area contributed by atoms with Crippen molar-refractivity contribution in [2.45, 2.75) is 50.8 Å². The summed E-state index contributed by atoms with van der Waals surface area (Å²) in [7, 11) is 0. The molecular formula is C18H24N2O3. The predicted octanol–water partition coefficient (Wildman–Crippen LogP) is 3.07. The zero-order valence-corrected chi connectivity index (χ0v) is 13.7. The van der Waals surface area contributed by atoms with E-state index in [1.807, 2.05) is 0 Å². The van der Waals surface area contributed by atoms with Crippen molar-refractivity contribution in [2.75, 3.05) is 13.2 Å². The maximum atomic E-state index is 12.2. The van der Waals surface area contributed by atoms with Gasteiger partial charge in [-0.15, -0.1) is 0 Å². The monoisotopic (exact) mass is 316 g/mol. The van der Waals surface area contributed by atoms with Crippen molar-refractivity contribution < 1.29 is 14.3 Å². The van der Waals surface area contributed by atoms with E-state index in [1.165, 1.54) is 5.56 Å². The van der Waals surface area contributed by atoms with E-state index >= 15 is 0 Å². The molecular weight excluding hydrogens is 292 g/mol. The molecule has 2 bridgehead atoms. The minimum atomic E-state index is -0.639. The number of carbonyl (C=O) groups excluding carboxylic acids is 1. The second-order valence-electron chi connectivity index (χ2n) is 7.21. The third-order valence-electron chi connectivity index (χ3n) is 5.33. The number of hydrogen-bond donors (Lipinski definition) is 2. The quantitative estimate of drug-likeness (QED) is 0.881. The van der Waals surface area contributed by atoms with Crippen LogP contribution < -0.4 is 15.4 Å². The number of amides is 2. The molecule has 0 spiro atoms. The number of urea groups is 1. The number of nitrogens with one attached hydrogen (secondary N) is 2. The van der Waals surface area contributed by atoms with Gasteiger partial charge in [0, 0.05) is 24.5 Å². The fourth-order valence-corrected chi connectivity index (χ4v) is 3.99. The Morgan fingerprint density at radius 2 is 2.22 bits per heavy atom. The average Bonchev–Trinajstić information content (AvgIpc) is 2.55. The number of carbonyl (C=O) groups is 1. The van der Waals surface area contributed by atoms with Crippen LogP contribution in [0.25, 0.3) is 0 Å². The van der Waals surface area contributed by atoms with Crippen LogP contribution in [0.4, 0.5) is 4.79 Å². The van der Waals surface area contributed by atoms with Gasteiger partial charge in [0.15, 0.2) is 5.72 Å². The van der Waals surface area contributed by atoms with Gasteiger partial charge in [0.1, 0.15) is 5.75 Å². The van der Waals surface area contributed by atoms with Gasteiger partial charge in [-0.25, -0.2) is 4.79 Å². The summed E-state index contributed by atoms with van der Waals surface area (Å²) in [6.07, 6.45) is 2.79. The molecule has 2 N–H and O–H groups in total. The minimum absolute atomic E-state index is 0.00752. The largest absolute Gasteiger partial charge is 0.467 e. The van der Waals surface area contributed by atoms with E-state index in [1.54, 1.807) is 0 Å². The molecule has 3 atom stereocenters. The lowest BCUT2D eigenvalue weighted by Gasteiger charge is -2.50. The van der Waals surface area contributed by atoms with Crippen LogP contribution in [0, 0.1) is 5.92 Å². The lowest BCUT2D eigenvalue weighted by molar-refractivity contribution is -0.0992. The summed E-state index contributed by atoms with van der Waals surface area (Å²) in [5, 5.41) is 6.12. The fourth-order valence-electron chi connectivity index (χ4n) is 3.99. The van der Waals surface area contributed by atoms with Crippen LogP contribution in [-0.4, -0.2) is 25.0 Å². The average molecular weight is 316 g/mol. The smallest absolute Gasteiger partial charge is 0.318 e. The first kappa shape index (κ1) is 14.8. The zero-order chi connectivity index (χ0) is 16.0. The van der Waals surface area contributed by atoms with E-state index in [9.17, 15) is 4.79 Å². The minimum Gasteiger partial charge on any atom is -0.467 e. The summed E-state index contributed by atoms with van der Waals surface area (Å²) in [4.78, 5) is 12.2. The van der Waals surface area contributed by atoms with Gasteiger partial charge >= 0.3 is 6.03 Å². The van der Waals surface area contributed by atoms with Crippen molar-refractivity contribution in [2.24, 2.45) is 5.92 Å². The van der Waals surface area contributed by atoms with Crippen LogP contribution in [-0.2, 0) is 4.74 Å². The highest BCUT2D eigenvalue weighted by Gasteiger charge is 2.51. The van der Waals surface area contributed by atoms with E-state index in [-0.39, 0.29) is 18.0 Å². The standard InChI is InChI=1S/C18H24N2O3/c1-11(2)12-5-6-16-14(8-12)15-9-18(23-16,20-17(21)19-15)13-4-3-7-22-10-13/h5-6,8,11,13,15H,3-4,7,9-10H2,1-2H3,(H2,19,20,21). The molecule has 124 valence electrons. The summed E-state index contributed by atoms with van der Waals surface area (Å²) < 4.78 is 12.0. The van der Waals surface area contributed by atoms with E-state index < -0.39 is 5.72 Å². The maximum absolute atomic E-state index is 12.2. The van der Waals surface area contributed by atoms with Crippen molar-refractivity contribution in [1.29, 1.82) is 0 Å². The maximum Gasteiger partial charge on any atom is 0.318 e. The predicted molar refractivity (Wildman–Crippen MR) is 86.5 cm³/mol. The molecule has 0 radical (unpaired) electrons. The molecule has 3 unspecified atom stereocenters. The summed E-state index contributed by atoms with van der Waals surface area (Å²) >= 11 is 0. The third kappa shape index (κ3) is 2.47. The van der Waals surface area contributed by atoms with Gasteiger partial charge in [-0.1, -0.05) is 19.9 Å². The van der Waals surface area contributed by atoms with Crippen molar-refractivity contribution in [3.05, 3.63) is 29.3 Å². The summed E-state index contributed by atoms with van der Waals surface area (Å²) in [5.41, 5.74) is 1.73. The van der Waals surface area contributed by atoms with Crippen molar-refractivity contribution in [1.82, 2.24) is 10.6 Å². The molecule has 0 saturated carbocycles. The molecule has 3 heterocycles. The molecule has 3 aliphatic heterocycles. The fraction of sp³-hybridized carbons (Fsp3) is 0.611. The van der Waals surface area contributed by atoms with Gasteiger partial charge in [-0.3, -0.25) is 5.32 Å². The molecule has 1 aromatic carbocycles. The Hall–Kier alpha value is -1.75. The second kappa shape index (κ2) is 5.41. The second-order valence-corrected chi connectivity index (χ2v) is 7.21. The summed E-state index contributed by atoms with van der Waals surface area (Å²) in [5.74, 6) is 1.53. The van der Waals surface area contributed by atoms with Crippen LogP contribution >= 0.6 is 0 Å². The number of fused-ring (bicyclic) bond motifs is 4. The van der Waals surface area contributed by atoms with Crippen LogP contribution in [0.5, 0.6) is 5.75 Å². The molecule has 2 fully saturated rings. The number of benzene rings is 1. The van der Waals surface area contributed by atoms with Crippen molar-refractivity contribution in [3.8, 4) is 5.75 Å². The van der Waals surface area contributed by atoms with Crippen LogP contribution in [0.15, 0.2) is 18.2 Å². The Bertz CT molecular complexity index is 625. The van der Waals surface area contributed by atoms with E-state index in [2.05, 4.69) is 42.7 Å². The van der Waals surface area contributed by atoms with Crippen molar-refractivity contribution in [3.63, 3.8) is 0 Å². The van der Waals surface area contributed by atoms with Gasteiger partial charge in [0.2, 0.25) is 0 Å². The third-order valence-corrected chi connectivity index (χ3v) is 5.33. The molecule has 5 heteroatoms. The van der Waals surface area contributed by atoms with E-state index in [0.29, 0.717) is 12.5 Å². The number of ether oxygens (including phenoxy) is 2. The Morgan fingerprint density at radius 1 is 1.35 bits per heavy atom. The Kier molecular flexibility index (Phi) is 3.48. The van der Waals surface area contributed by atoms with Crippen LogP contribution in [0.1, 0.15) is 56.2 Å². The summed E-state index contributed by atoms with van der Waals surface area (Å²) in [6.45, 7) is 5.80. The van der Waals surface area contributed by atoms with Gasteiger partial charge < -0.3 is 14.8 Å². The molecule has 23 heavy (non-hydrogen) atoms. The molecule has 5 nitrogen and oxygen atoms in total. The highest BCUT2D eigenvalue weighted by Crippen LogP contribution is 2.46. The topological polar surface area (TPSA) is 59.6 Å². The first-order valence-electron chi connectivity index (χ1n) is 8.57. The first-order chi connectivity index (χ1) is 11.1. The highest BCUT2D eigenvalue weighted by molar-refractivity contribution is 5.77. The summed E-state index contributed by atoms with van der Waals surface area (Å²) in [6, 6.07) is 6.21. The zero-order valence-electron chi connectivity index (χ0n) is 13.7. The van der Waals surface area contributed by atoms with Gasteiger partial charge in [0.25, 0.3) is 0 Å². The molecule has 2 saturated heterocycles. The Balaban J connectivity index is 1.72. The molecule has 0 aromatic heterocycles. The lowest BCUT2D eigenvalue weighted by Crippen LogP contribution is -2.68. The normalized spacial score (nSPS) is 32.6. The molecule has 1 aromatic rings. The van der Waals surface area contributed by atoms with E-state index in [0.717, 1.165) is 37.2 Å². The van der Waals surface area contributed by atoms with Crippen LogP contribution in [0.3, 0.4) is 0 Å². The SMILES string of the molecule is CC(C)c1ccc2c(c1)C1CC(C3CCCOC3)(NC(=O)N1)O2. The van der Waals surface area contributed by atoms with Gasteiger partial charge in [-0.05, 0) is 36.5 Å². The highest BCUT2D eigenvalue weighted by atomic mass is 16.5. The lowest BCUT2D eigenvalue weighted by atomic mass is 9.80. The molecule has 0 aliphatic carbocycles. The molecule has 3 aliphatic rings. The first-order valence-corrected chi connectivity index (χ1v) is 8.57. The number of rotatable bonds is 2. The Morgan fingerprint density at radius 3 is 2.96 bits per heavy atom. The van der Waals surface area contributed by atoms with Gasteiger partial charge in [-0.2, -0.15) is 0 Å². The van der Waals surface area contributed by atoms with Crippen LogP contribution in [0.2, 0.25) is 0 Å². The van der Waals surface area contributed by atoms with Gasteiger partial charge in [0.05, 0.1) is 12.6 Å². The number of hydrogen-bond acceptors (Lipinski definition) is 3. The van der Waals surface area contributed by atoms with E-state index in [4.69, 9.17) is 9.47 Å². The molecule has 2 amide bonds.